The third kappa shape index (κ3) is 2.58. The highest BCUT2D eigenvalue weighted by molar-refractivity contribution is 6.28. The predicted molar refractivity (Wildman–Crippen MR) is 113 cm³/mol. The summed E-state index contributed by atoms with van der Waals surface area (Å²) < 4.78 is 0. The molecule has 5 heteroatoms. The number of carbonyl (C=O) groups is 2. The molecule has 0 aromatic heterocycles. The maximum atomic E-state index is 13.1. The van der Waals surface area contributed by atoms with E-state index >= 15 is 0 Å². The highest BCUT2D eigenvalue weighted by atomic mass is 35.5. The summed E-state index contributed by atoms with van der Waals surface area (Å²) in [6, 6.07) is 10.3. The Morgan fingerprint density at radius 2 is 2.07 bits per heavy atom. The summed E-state index contributed by atoms with van der Waals surface area (Å²) >= 11 is 6.02. The average Bonchev–Trinajstić information content (AvgIpc) is 3.22. The van der Waals surface area contributed by atoms with E-state index in [1.807, 2.05) is 30.4 Å². The molecule has 1 fully saturated rings. The Labute approximate surface area is 176 Å². The number of alkyl halides is 1. The number of Topliss-reactive ketones (excluding diaryl/α,β-unsaturated/α-hetero) is 2. The molecule has 5 rings (SSSR count). The van der Waals surface area contributed by atoms with E-state index < -0.39 is 0 Å². The first-order chi connectivity index (χ1) is 14.1. The van der Waals surface area contributed by atoms with Crippen LogP contribution in [0.3, 0.4) is 0 Å². The van der Waals surface area contributed by atoms with Gasteiger partial charge in [-0.15, -0.1) is 11.6 Å². The molecule has 0 saturated heterocycles. The SMILES string of the molecule is O=C1CC=CC2=C1N(Cc1ccccc1)C13CC=CC1(CN2)C(C(=O)CCl)CC3. The maximum Gasteiger partial charge on any atom is 0.184 e. The Morgan fingerprint density at radius 3 is 2.86 bits per heavy atom. The van der Waals surface area contributed by atoms with Gasteiger partial charge in [0.2, 0.25) is 0 Å². The molecule has 1 saturated carbocycles. The van der Waals surface area contributed by atoms with Crippen molar-refractivity contribution in [1.82, 2.24) is 10.2 Å². The van der Waals surface area contributed by atoms with Gasteiger partial charge in [0.05, 0.1) is 17.1 Å². The van der Waals surface area contributed by atoms with E-state index in [1.54, 1.807) is 0 Å². The van der Waals surface area contributed by atoms with Gasteiger partial charge in [-0.1, -0.05) is 48.6 Å². The zero-order valence-electron chi connectivity index (χ0n) is 16.4. The molecule has 150 valence electrons. The number of hydrogen-bond acceptors (Lipinski definition) is 4. The van der Waals surface area contributed by atoms with E-state index in [0.717, 1.165) is 30.7 Å². The first kappa shape index (κ1) is 18.7. The summed E-state index contributed by atoms with van der Waals surface area (Å²) in [4.78, 5) is 28.3. The molecule has 3 atom stereocenters. The lowest BCUT2D eigenvalue weighted by atomic mass is 9.67. The second kappa shape index (κ2) is 6.88. The molecule has 1 aromatic carbocycles. The number of benzene rings is 1. The minimum atomic E-state index is -0.348. The standard InChI is InChI=1S/C24H25ClN2O2/c25-14-21(29)18-10-13-24-12-5-11-23(18,24)16-26-19-8-4-9-20(28)22(19)27(24)15-17-6-2-1-3-7-17/h1-8,11,18,26H,9-10,12-16H2. The van der Waals surface area contributed by atoms with Crippen molar-refractivity contribution in [3.05, 3.63) is 71.6 Å². The number of halogens is 1. The Hall–Kier alpha value is -2.33. The van der Waals surface area contributed by atoms with Crippen LogP contribution in [0.4, 0.5) is 0 Å². The van der Waals surface area contributed by atoms with Gasteiger partial charge >= 0.3 is 0 Å². The van der Waals surface area contributed by atoms with E-state index in [-0.39, 0.29) is 34.3 Å². The minimum absolute atomic E-state index is 0.0427. The summed E-state index contributed by atoms with van der Waals surface area (Å²) in [6.07, 6.45) is 11.4. The molecule has 1 N–H and O–H groups in total. The van der Waals surface area contributed by atoms with Crippen LogP contribution in [0.15, 0.2) is 66.0 Å². The van der Waals surface area contributed by atoms with Crippen molar-refractivity contribution in [3.8, 4) is 0 Å². The van der Waals surface area contributed by atoms with Crippen LogP contribution in [0.25, 0.3) is 0 Å². The fourth-order valence-corrected chi connectivity index (χ4v) is 6.30. The lowest BCUT2D eigenvalue weighted by Gasteiger charge is -2.50. The first-order valence-corrected chi connectivity index (χ1v) is 10.9. The molecule has 0 bridgehead atoms. The maximum absolute atomic E-state index is 13.1. The van der Waals surface area contributed by atoms with Gasteiger partial charge in [0.15, 0.2) is 11.6 Å². The lowest BCUT2D eigenvalue weighted by Crippen LogP contribution is -2.58. The average molecular weight is 409 g/mol. The van der Waals surface area contributed by atoms with Gasteiger partial charge in [-0.25, -0.2) is 0 Å². The molecule has 0 amide bonds. The van der Waals surface area contributed by atoms with Crippen LogP contribution in [-0.4, -0.2) is 34.4 Å². The smallest absolute Gasteiger partial charge is 0.184 e. The molecule has 4 aliphatic rings. The Morgan fingerprint density at radius 1 is 1.24 bits per heavy atom. The summed E-state index contributed by atoms with van der Waals surface area (Å²) in [7, 11) is 0. The van der Waals surface area contributed by atoms with Crippen LogP contribution in [0, 0.1) is 11.3 Å². The number of nitrogens with zero attached hydrogens (tertiary/aromatic N) is 1. The molecule has 1 aromatic rings. The van der Waals surface area contributed by atoms with Gasteiger partial charge < -0.3 is 10.2 Å². The molecule has 1 heterocycles. The van der Waals surface area contributed by atoms with Gasteiger partial charge in [-0.05, 0) is 30.9 Å². The number of allylic oxidation sites excluding steroid dienone is 3. The third-order valence-corrected chi connectivity index (χ3v) is 7.64. The highest BCUT2D eigenvalue weighted by Gasteiger charge is 2.66. The summed E-state index contributed by atoms with van der Waals surface area (Å²) in [6.45, 7) is 1.31. The zero-order chi connectivity index (χ0) is 20.1. The van der Waals surface area contributed by atoms with Crippen LogP contribution in [0.1, 0.15) is 31.2 Å². The number of hydrogen-bond donors (Lipinski definition) is 1. The fourth-order valence-electron chi connectivity index (χ4n) is 6.11. The van der Waals surface area contributed by atoms with Gasteiger partial charge in [0.1, 0.15) is 5.70 Å². The van der Waals surface area contributed by atoms with Crippen molar-refractivity contribution >= 4 is 23.2 Å². The first-order valence-electron chi connectivity index (χ1n) is 10.4. The molecule has 0 radical (unpaired) electrons. The highest BCUT2D eigenvalue weighted by Crippen LogP contribution is 2.62. The molecular weight excluding hydrogens is 384 g/mol. The number of ketones is 2. The number of rotatable bonds is 4. The van der Waals surface area contributed by atoms with Crippen molar-refractivity contribution in [2.75, 3.05) is 12.4 Å². The Kier molecular flexibility index (Phi) is 4.43. The summed E-state index contributed by atoms with van der Waals surface area (Å²) in [5, 5.41) is 3.55. The van der Waals surface area contributed by atoms with Crippen LogP contribution in [-0.2, 0) is 16.1 Å². The van der Waals surface area contributed by atoms with Crippen LogP contribution in [0.5, 0.6) is 0 Å². The van der Waals surface area contributed by atoms with Gasteiger partial charge in [-0.2, -0.15) is 0 Å². The van der Waals surface area contributed by atoms with E-state index in [0.29, 0.717) is 19.5 Å². The van der Waals surface area contributed by atoms with Gasteiger partial charge in [-0.3, -0.25) is 9.59 Å². The van der Waals surface area contributed by atoms with E-state index in [9.17, 15) is 9.59 Å². The second-order valence-electron chi connectivity index (χ2n) is 8.59. The van der Waals surface area contributed by atoms with Crippen LogP contribution < -0.4 is 5.32 Å². The number of nitrogens with one attached hydrogen (secondary N) is 1. The molecule has 29 heavy (non-hydrogen) atoms. The summed E-state index contributed by atoms with van der Waals surface area (Å²) in [5.41, 5.74) is 2.21. The van der Waals surface area contributed by atoms with E-state index in [2.05, 4.69) is 34.5 Å². The lowest BCUT2D eigenvalue weighted by molar-refractivity contribution is -0.124. The minimum Gasteiger partial charge on any atom is -0.382 e. The van der Waals surface area contributed by atoms with Crippen molar-refractivity contribution in [1.29, 1.82) is 0 Å². The van der Waals surface area contributed by atoms with E-state index in [1.165, 1.54) is 5.56 Å². The van der Waals surface area contributed by atoms with Gasteiger partial charge in [0.25, 0.3) is 0 Å². The molecule has 1 aliphatic heterocycles. The van der Waals surface area contributed by atoms with E-state index in [4.69, 9.17) is 11.6 Å². The molecule has 0 spiro atoms. The molecule has 3 unspecified atom stereocenters. The van der Waals surface area contributed by atoms with Crippen LogP contribution in [0.2, 0.25) is 0 Å². The Bertz CT molecular complexity index is 951. The van der Waals surface area contributed by atoms with Crippen molar-refractivity contribution in [2.45, 2.75) is 37.8 Å². The molecular formula is C24H25ClN2O2. The fraction of sp³-hybridized carbons (Fsp3) is 0.417. The quantitative estimate of drug-likeness (QED) is 0.609. The Balaban J connectivity index is 1.68. The second-order valence-corrected chi connectivity index (χ2v) is 8.85. The number of carbonyl (C=O) groups excluding carboxylic acids is 2. The third-order valence-electron chi connectivity index (χ3n) is 7.37. The zero-order valence-corrected chi connectivity index (χ0v) is 17.1. The summed E-state index contributed by atoms with van der Waals surface area (Å²) in [5.74, 6) is 0.185. The topological polar surface area (TPSA) is 49.4 Å². The largest absolute Gasteiger partial charge is 0.382 e. The normalized spacial score (nSPS) is 32.5. The van der Waals surface area contributed by atoms with Gasteiger partial charge in [0, 0.05) is 30.8 Å². The van der Waals surface area contributed by atoms with Crippen molar-refractivity contribution in [2.24, 2.45) is 11.3 Å². The predicted octanol–water partition coefficient (Wildman–Crippen LogP) is 3.74. The monoisotopic (exact) mass is 408 g/mol. The van der Waals surface area contributed by atoms with Crippen LogP contribution >= 0.6 is 11.6 Å². The molecule has 4 nitrogen and oxygen atoms in total. The van der Waals surface area contributed by atoms with Crippen molar-refractivity contribution < 1.29 is 9.59 Å². The van der Waals surface area contributed by atoms with Crippen molar-refractivity contribution in [3.63, 3.8) is 0 Å². The molecule has 3 aliphatic carbocycles.